The van der Waals surface area contributed by atoms with E-state index < -0.39 is 0 Å². The maximum Gasteiger partial charge on any atom is 0.159 e. The van der Waals surface area contributed by atoms with Crippen molar-refractivity contribution < 1.29 is 5.11 Å². The molecule has 1 atom stereocenters. The monoisotopic (exact) mass is 323 g/mol. The SMILES string of the molecule is CC1(C)CN=C(N2CCN(C[C@H](O)Cn3cccn3)CC2)S1. The molecular formula is C15H25N5OS. The van der Waals surface area contributed by atoms with Gasteiger partial charge in [-0.25, -0.2) is 0 Å². The molecule has 22 heavy (non-hydrogen) atoms. The molecule has 3 rings (SSSR count). The number of β-amino-alcohol motifs (C(OH)–C–C–N with tert-alkyl or cyclic N) is 1. The van der Waals surface area contributed by atoms with Crippen LogP contribution in [0.15, 0.2) is 23.5 Å². The Hall–Kier alpha value is -1.05. The van der Waals surface area contributed by atoms with Crippen LogP contribution in [0.2, 0.25) is 0 Å². The van der Waals surface area contributed by atoms with E-state index in [1.54, 1.807) is 10.9 Å². The van der Waals surface area contributed by atoms with E-state index in [1.165, 1.54) is 5.17 Å². The number of rotatable bonds is 4. The van der Waals surface area contributed by atoms with Gasteiger partial charge >= 0.3 is 0 Å². The van der Waals surface area contributed by atoms with Crippen LogP contribution in [0.3, 0.4) is 0 Å². The van der Waals surface area contributed by atoms with Crippen LogP contribution in [-0.2, 0) is 6.54 Å². The first kappa shape index (κ1) is 15.8. The summed E-state index contributed by atoms with van der Waals surface area (Å²) in [5.41, 5.74) is 0. The lowest BCUT2D eigenvalue weighted by molar-refractivity contribution is 0.0769. The van der Waals surface area contributed by atoms with E-state index in [1.807, 2.05) is 24.0 Å². The number of thioether (sulfide) groups is 1. The van der Waals surface area contributed by atoms with Crippen molar-refractivity contribution in [3.8, 4) is 0 Å². The second-order valence-electron chi connectivity index (χ2n) is 6.63. The molecule has 1 N–H and O–H groups in total. The molecule has 0 bridgehead atoms. The molecule has 0 saturated carbocycles. The highest BCUT2D eigenvalue weighted by atomic mass is 32.2. The maximum atomic E-state index is 10.2. The Kier molecular flexibility index (Phi) is 4.75. The summed E-state index contributed by atoms with van der Waals surface area (Å²) in [5.74, 6) is 0. The van der Waals surface area contributed by atoms with Crippen molar-refractivity contribution in [3.05, 3.63) is 18.5 Å². The number of aliphatic hydroxyl groups is 1. The standard InChI is InChI=1S/C15H25N5OS/c1-15(2)12-16-14(22-15)19-8-6-18(7-9-19)10-13(21)11-20-5-3-4-17-20/h3-5,13,21H,6-12H2,1-2H3/t13-/m0/s1. The van der Waals surface area contributed by atoms with Gasteiger partial charge in [0.25, 0.3) is 0 Å². The van der Waals surface area contributed by atoms with Gasteiger partial charge in [0, 0.05) is 49.9 Å². The summed E-state index contributed by atoms with van der Waals surface area (Å²) in [4.78, 5) is 9.39. The first-order valence-corrected chi connectivity index (χ1v) is 8.70. The third kappa shape index (κ3) is 4.02. The van der Waals surface area contributed by atoms with Crippen LogP contribution in [0.4, 0.5) is 0 Å². The molecule has 0 amide bonds. The fourth-order valence-electron chi connectivity index (χ4n) is 2.84. The molecule has 0 unspecified atom stereocenters. The number of piperazine rings is 1. The second-order valence-corrected chi connectivity index (χ2v) is 8.30. The van der Waals surface area contributed by atoms with E-state index in [9.17, 15) is 5.11 Å². The van der Waals surface area contributed by atoms with Crippen LogP contribution in [-0.4, -0.2) is 80.0 Å². The number of hydrogen-bond donors (Lipinski definition) is 1. The average molecular weight is 323 g/mol. The first-order chi connectivity index (χ1) is 10.5. The molecule has 3 heterocycles. The molecule has 0 aliphatic carbocycles. The number of aliphatic hydroxyl groups excluding tert-OH is 1. The van der Waals surface area contributed by atoms with Gasteiger partial charge in [0.1, 0.15) is 0 Å². The molecular weight excluding hydrogens is 298 g/mol. The normalized spacial score (nSPS) is 23.6. The smallest absolute Gasteiger partial charge is 0.159 e. The predicted molar refractivity (Wildman–Crippen MR) is 90.2 cm³/mol. The quantitative estimate of drug-likeness (QED) is 0.886. The molecule has 7 heteroatoms. The Morgan fingerprint density at radius 3 is 2.64 bits per heavy atom. The van der Waals surface area contributed by atoms with Gasteiger partial charge in [-0.3, -0.25) is 14.6 Å². The molecule has 6 nitrogen and oxygen atoms in total. The van der Waals surface area contributed by atoms with Crippen LogP contribution < -0.4 is 0 Å². The molecule has 0 aromatic carbocycles. The zero-order valence-corrected chi connectivity index (χ0v) is 14.2. The molecule has 1 fully saturated rings. The second kappa shape index (κ2) is 6.60. The number of aliphatic imine (C=N–C) groups is 1. The lowest BCUT2D eigenvalue weighted by Crippen LogP contribution is -2.50. The van der Waals surface area contributed by atoms with Crippen LogP contribution in [0, 0.1) is 0 Å². The van der Waals surface area contributed by atoms with Crippen molar-refractivity contribution in [1.82, 2.24) is 19.6 Å². The topological polar surface area (TPSA) is 56.9 Å². The Morgan fingerprint density at radius 1 is 1.27 bits per heavy atom. The molecule has 1 aromatic rings. The minimum Gasteiger partial charge on any atom is -0.390 e. The number of hydrogen-bond acceptors (Lipinski definition) is 6. The Labute approximate surface area is 136 Å². The minimum atomic E-state index is -0.372. The van der Waals surface area contributed by atoms with Crippen molar-refractivity contribution in [2.75, 3.05) is 39.3 Å². The van der Waals surface area contributed by atoms with E-state index in [-0.39, 0.29) is 10.9 Å². The van der Waals surface area contributed by atoms with Gasteiger partial charge in [-0.2, -0.15) is 5.10 Å². The molecule has 0 spiro atoms. The lowest BCUT2D eigenvalue weighted by Gasteiger charge is -2.36. The van der Waals surface area contributed by atoms with Crippen molar-refractivity contribution in [2.45, 2.75) is 31.2 Å². The highest BCUT2D eigenvalue weighted by molar-refractivity contribution is 8.15. The van der Waals surface area contributed by atoms with Gasteiger partial charge in [-0.1, -0.05) is 11.8 Å². The van der Waals surface area contributed by atoms with Gasteiger partial charge in [0.15, 0.2) is 5.17 Å². The van der Waals surface area contributed by atoms with Crippen molar-refractivity contribution >= 4 is 16.9 Å². The number of nitrogens with zero attached hydrogens (tertiary/aromatic N) is 5. The van der Waals surface area contributed by atoms with Crippen LogP contribution in [0.1, 0.15) is 13.8 Å². The zero-order valence-electron chi connectivity index (χ0n) is 13.4. The summed E-state index contributed by atoms with van der Waals surface area (Å²) in [6, 6.07) is 1.88. The maximum absolute atomic E-state index is 10.2. The van der Waals surface area contributed by atoms with Crippen molar-refractivity contribution in [1.29, 1.82) is 0 Å². The van der Waals surface area contributed by atoms with Crippen LogP contribution >= 0.6 is 11.8 Å². The molecule has 0 radical (unpaired) electrons. The van der Waals surface area contributed by atoms with Gasteiger partial charge in [0.2, 0.25) is 0 Å². The van der Waals surface area contributed by atoms with Gasteiger partial charge in [-0.15, -0.1) is 0 Å². The lowest BCUT2D eigenvalue weighted by atomic mass is 10.2. The summed E-state index contributed by atoms with van der Waals surface area (Å²) in [6.07, 6.45) is 3.26. The van der Waals surface area contributed by atoms with Gasteiger partial charge < -0.3 is 10.0 Å². The minimum absolute atomic E-state index is 0.242. The molecule has 2 aliphatic heterocycles. The summed E-state index contributed by atoms with van der Waals surface area (Å²) in [6.45, 7) is 10.6. The highest BCUT2D eigenvalue weighted by Crippen LogP contribution is 2.33. The number of amidine groups is 1. The molecule has 122 valence electrons. The molecule has 2 aliphatic rings. The third-order valence-corrected chi connectivity index (χ3v) is 5.28. The highest BCUT2D eigenvalue weighted by Gasteiger charge is 2.31. The van der Waals surface area contributed by atoms with Gasteiger partial charge in [0.05, 0.1) is 19.2 Å². The predicted octanol–water partition coefficient (Wildman–Crippen LogP) is 0.743. The van der Waals surface area contributed by atoms with Crippen LogP contribution in [0.5, 0.6) is 0 Å². The fourth-order valence-corrected chi connectivity index (χ4v) is 3.90. The van der Waals surface area contributed by atoms with Gasteiger partial charge in [-0.05, 0) is 19.9 Å². The number of aromatic nitrogens is 2. The average Bonchev–Trinajstić information content (AvgIpc) is 3.09. The van der Waals surface area contributed by atoms with Crippen molar-refractivity contribution in [3.63, 3.8) is 0 Å². The van der Waals surface area contributed by atoms with E-state index in [0.717, 1.165) is 32.7 Å². The fraction of sp³-hybridized carbons (Fsp3) is 0.733. The molecule has 1 saturated heterocycles. The Morgan fingerprint density at radius 2 is 2.05 bits per heavy atom. The summed E-state index contributed by atoms with van der Waals surface area (Å²) >= 11 is 1.89. The van der Waals surface area contributed by atoms with Crippen LogP contribution in [0.25, 0.3) is 0 Å². The van der Waals surface area contributed by atoms with E-state index in [0.29, 0.717) is 13.1 Å². The largest absolute Gasteiger partial charge is 0.390 e. The van der Waals surface area contributed by atoms with E-state index >= 15 is 0 Å². The zero-order chi connectivity index (χ0) is 15.6. The summed E-state index contributed by atoms with van der Waals surface area (Å²) in [5, 5.41) is 15.5. The van der Waals surface area contributed by atoms with Crippen molar-refractivity contribution in [2.24, 2.45) is 4.99 Å². The van der Waals surface area contributed by atoms with E-state index in [2.05, 4.69) is 33.7 Å². The Balaban J connectivity index is 1.42. The summed E-state index contributed by atoms with van der Waals surface area (Å²) < 4.78 is 2.03. The summed E-state index contributed by atoms with van der Waals surface area (Å²) in [7, 11) is 0. The Bertz CT molecular complexity index is 508. The third-order valence-electron chi connectivity index (χ3n) is 4.03. The first-order valence-electron chi connectivity index (χ1n) is 7.88. The molecule has 1 aromatic heterocycles. The van der Waals surface area contributed by atoms with E-state index in [4.69, 9.17) is 0 Å².